The van der Waals surface area contributed by atoms with E-state index in [1.165, 1.54) is 4.68 Å². The predicted molar refractivity (Wildman–Crippen MR) is 142 cm³/mol. The van der Waals surface area contributed by atoms with Gasteiger partial charge in [0.15, 0.2) is 11.6 Å². The molecule has 0 bridgehead atoms. The summed E-state index contributed by atoms with van der Waals surface area (Å²) in [4.78, 5) is 26.6. The third kappa shape index (κ3) is 5.83. The van der Waals surface area contributed by atoms with Gasteiger partial charge in [0.1, 0.15) is 6.54 Å². The van der Waals surface area contributed by atoms with Crippen LogP contribution in [0, 0.1) is 6.92 Å². The number of benzene rings is 3. The monoisotopic (exact) mass is 503 g/mol. The number of aliphatic hydroxyl groups excluding tert-OH is 1. The molecule has 36 heavy (non-hydrogen) atoms. The summed E-state index contributed by atoms with van der Waals surface area (Å²) in [5.41, 5.74) is 3.82. The number of rotatable bonds is 9. The summed E-state index contributed by atoms with van der Waals surface area (Å²) in [6.07, 6.45) is 0.282. The molecule has 0 spiro atoms. The molecule has 0 aliphatic carbocycles. The van der Waals surface area contributed by atoms with Gasteiger partial charge in [-0.25, -0.2) is 9.48 Å². The summed E-state index contributed by atoms with van der Waals surface area (Å²) in [7, 11) is 0. The number of halogens is 1. The van der Waals surface area contributed by atoms with Crippen LogP contribution in [0.25, 0.3) is 11.4 Å². The van der Waals surface area contributed by atoms with Crippen molar-refractivity contribution in [2.75, 3.05) is 0 Å². The van der Waals surface area contributed by atoms with E-state index in [-0.39, 0.29) is 43.0 Å². The van der Waals surface area contributed by atoms with Crippen molar-refractivity contribution in [3.8, 4) is 11.4 Å². The molecule has 1 heterocycles. The average Bonchev–Trinajstić information content (AvgIpc) is 3.14. The van der Waals surface area contributed by atoms with Gasteiger partial charge in [0.2, 0.25) is 0 Å². The second-order valence-electron chi connectivity index (χ2n) is 9.80. The lowest BCUT2D eigenvalue weighted by Gasteiger charge is -2.24. The largest absolute Gasteiger partial charge is 0.392 e. The Morgan fingerprint density at radius 3 is 2.39 bits per heavy atom. The van der Waals surface area contributed by atoms with Crippen molar-refractivity contribution in [2.45, 2.75) is 52.3 Å². The predicted octanol–water partition coefficient (Wildman–Crippen LogP) is 5.15. The highest BCUT2D eigenvalue weighted by Crippen LogP contribution is 2.28. The summed E-state index contributed by atoms with van der Waals surface area (Å²) >= 11 is 6.07. The Bertz CT molecular complexity index is 1430. The minimum Gasteiger partial charge on any atom is -0.392 e. The average molecular weight is 504 g/mol. The molecular weight excluding hydrogens is 474 g/mol. The van der Waals surface area contributed by atoms with E-state index >= 15 is 0 Å². The molecule has 0 unspecified atom stereocenters. The van der Waals surface area contributed by atoms with Crippen molar-refractivity contribution >= 4 is 17.4 Å². The number of aromatic nitrogens is 3. The highest BCUT2D eigenvalue weighted by Gasteiger charge is 2.26. The van der Waals surface area contributed by atoms with E-state index in [1.54, 1.807) is 28.8 Å². The van der Waals surface area contributed by atoms with Crippen molar-refractivity contribution in [1.29, 1.82) is 0 Å². The van der Waals surface area contributed by atoms with E-state index in [0.29, 0.717) is 10.8 Å². The molecule has 1 N–H and O–H groups in total. The first-order valence-electron chi connectivity index (χ1n) is 11.9. The lowest BCUT2D eigenvalue weighted by molar-refractivity contribution is -0.120. The van der Waals surface area contributed by atoms with E-state index in [0.717, 1.165) is 27.8 Å². The van der Waals surface area contributed by atoms with E-state index in [9.17, 15) is 14.7 Å². The second-order valence-corrected chi connectivity index (χ2v) is 10.2. The summed E-state index contributed by atoms with van der Waals surface area (Å²) in [5, 5.41) is 14.6. The highest BCUT2D eigenvalue weighted by atomic mass is 35.5. The molecule has 0 radical (unpaired) electrons. The molecule has 0 aliphatic heterocycles. The fourth-order valence-corrected chi connectivity index (χ4v) is 4.52. The fraction of sp³-hybridized carbons (Fsp3) is 0.276. The zero-order valence-corrected chi connectivity index (χ0v) is 21.5. The van der Waals surface area contributed by atoms with Crippen LogP contribution >= 0.6 is 11.6 Å². The van der Waals surface area contributed by atoms with E-state index < -0.39 is 0 Å². The molecule has 4 rings (SSSR count). The quantitative estimate of drug-likeness (QED) is 0.342. The summed E-state index contributed by atoms with van der Waals surface area (Å²) < 4.78 is 2.80. The summed E-state index contributed by atoms with van der Waals surface area (Å²) in [6.45, 7) is 6.16. The molecule has 4 aromatic rings. The number of carbonyl (C=O) groups excluding carboxylic acids is 1. The first-order chi connectivity index (χ1) is 17.2. The van der Waals surface area contributed by atoms with Crippen LogP contribution in [-0.2, 0) is 29.9 Å². The van der Waals surface area contributed by atoms with Crippen molar-refractivity contribution in [1.82, 2.24) is 14.3 Å². The first-order valence-corrected chi connectivity index (χ1v) is 12.3. The van der Waals surface area contributed by atoms with Crippen molar-refractivity contribution in [3.63, 3.8) is 0 Å². The van der Waals surface area contributed by atoms with Crippen molar-refractivity contribution in [2.24, 2.45) is 0 Å². The third-order valence-corrected chi connectivity index (χ3v) is 6.56. The topological polar surface area (TPSA) is 77.1 Å². The molecule has 186 valence electrons. The Hall–Kier alpha value is -3.48. The maximum Gasteiger partial charge on any atom is 0.346 e. The molecule has 0 saturated heterocycles. The maximum atomic E-state index is 13.4. The molecule has 0 aliphatic rings. The Morgan fingerprint density at radius 1 is 1.00 bits per heavy atom. The van der Waals surface area contributed by atoms with Gasteiger partial charge in [-0.3, -0.25) is 9.36 Å². The van der Waals surface area contributed by atoms with Crippen LogP contribution in [0.3, 0.4) is 0 Å². The van der Waals surface area contributed by atoms with E-state index in [1.807, 2.05) is 63.2 Å². The van der Waals surface area contributed by atoms with Crippen molar-refractivity contribution < 1.29 is 9.90 Å². The van der Waals surface area contributed by atoms with Crippen LogP contribution in [0.15, 0.2) is 77.6 Å². The standard InChI is InChI=1S/C29H30ClN3O3/c1-20-6-4-9-24(14-20)29(2,3)16-26(35)18-33-28(36)32(17-21-7-5-8-22(15-21)19-34)27(31-33)23-10-12-25(30)13-11-23/h4-15,34H,16-19H2,1-3H3. The van der Waals surface area contributed by atoms with Gasteiger partial charge in [0, 0.05) is 17.0 Å². The number of carbonyl (C=O) groups is 1. The third-order valence-electron chi connectivity index (χ3n) is 6.30. The molecule has 0 atom stereocenters. The Balaban J connectivity index is 1.65. The van der Waals surface area contributed by atoms with Gasteiger partial charge in [0.25, 0.3) is 0 Å². The first kappa shape index (κ1) is 25.6. The Labute approximate surface area is 215 Å². The molecule has 1 aromatic heterocycles. The Kier molecular flexibility index (Phi) is 7.57. The van der Waals surface area contributed by atoms with Crippen LogP contribution in [-0.4, -0.2) is 25.2 Å². The maximum absolute atomic E-state index is 13.4. The lowest BCUT2D eigenvalue weighted by Crippen LogP contribution is -2.30. The van der Waals surface area contributed by atoms with Crippen LogP contribution in [0.5, 0.6) is 0 Å². The molecule has 0 saturated carbocycles. The fourth-order valence-electron chi connectivity index (χ4n) is 4.39. The molecule has 6 nitrogen and oxygen atoms in total. The van der Waals surface area contributed by atoms with Gasteiger partial charge in [-0.2, -0.15) is 0 Å². The SMILES string of the molecule is Cc1cccc(C(C)(C)CC(=O)Cn2nc(-c3ccc(Cl)cc3)n(Cc3cccc(CO)c3)c2=O)c1. The molecule has 0 fully saturated rings. The van der Waals surface area contributed by atoms with Crippen LogP contribution < -0.4 is 5.69 Å². The number of Topliss-reactive ketones (excluding diaryl/α,β-unsaturated/α-hetero) is 1. The van der Waals surface area contributed by atoms with Crippen LogP contribution in [0.2, 0.25) is 5.02 Å². The number of hydrogen-bond donors (Lipinski definition) is 1. The molecule has 0 amide bonds. The van der Waals surface area contributed by atoms with Crippen LogP contribution in [0.4, 0.5) is 0 Å². The van der Waals surface area contributed by atoms with Gasteiger partial charge < -0.3 is 5.11 Å². The molecule has 7 heteroatoms. The summed E-state index contributed by atoms with van der Waals surface area (Å²) in [5.74, 6) is 0.384. The zero-order chi connectivity index (χ0) is 25.9. The number of ketones is 1. The normalized spacial score (nSPS) is 11.6. The molecule has 3 aromatic carbocycles. The molecular formula is C29H30ClN3O3. The van der Waals surface area contributed by atoms with Gasteiger partial charge >= 0.3 is 5.69 Å². The number of nitrogens with zero attached hydrogens (tertiary/aromatic N) is 3. The number of hydrogen-bond acceptors (Lipinski definition) is 4. The van der Waals surface area contributed by atoms with Crippen LogP contribution in [0.1, 0.15) is 42.5 Å². The van der Waals surface area contributed by atoms with E-state index in [2.05, 4.69) is 11.2 Å². The minimum atomic E-state index is -0.376. The second kappa shape index (κ2) is 10.6. The lowest BCUT2D eigenvalue weighted by atomic mass is 9.79. The number of aliphatic hydroxyl groups is 1. The Morgan fingerprint density at radius 2 is 1.69 bits per heavy atom. The van der Waals surface area contributed by atoms with Gasteiger partial charge in [-0.05, 0) is 53.3 Å². The highest BCUT2D eigenvalue weighted by molar-refractivity contribution is 6.30. The van der Waals surface area contributed by atoms with Gasteiger partial charge in [-0.15, -0.1) is 5.10 Å². The van der Waals surface area contributed by atoms with Crippen molar-refractivity contribution in [3.05, 3.63) is 111 Å². The minimum absolute atomic E-state index is 0.0711. The van der Waals surface area contributed by atoms with Gasteiger partial charge in [-0.1, -0.05) is 79.5 Å². The van der Waals surface area contributed by atoms with Gasteiger partial charge in [0.05, 0.1) is 13.2 Å². The zero-order valence-electron chi connectivity index (χ0n) is 20.7. The number of aryl methyl sites for hydroxylation is 1. The smallest absolute Gasteiger partial charge is 0.346 e. The van der Waals surface area contributed by atoms with E-state index in [4.69, 9.17) is 11.6 Å². The summed E-state index contributed by atoms with van der Waals surface area (Å²) in [6, 6.07) is 22.6.